The van der Waals surface area contributed by atoms with Crippen LogP contribution in [0.2, 0.25) is 0 Å². The summed E-state index contributed by atoms with van der Waals surface area (Å²) >= 11 is 0.933. The molecule has 0 aliphatic rings. The molecule has 14 heavy (non-hydrogen) atoms. The van der Waals surface area contributed by atoms with E-state index in [2.05, 4.69) is 9.27 Å². The smallest absolute Gasteiger partial charge is 0.273 e. The number of aryl methyl sites for hydroxylation is 1. The van der Waals surface area contributed by atoms with E-state index in [0.717, 1.165) is 18.3 Å². The number of aromatic nitrogens is 1. The van der Waals surface area contributed by atoms with Gasteiger partial charge in [0, 0.05) is 6.92 Å². The number of nitrogens with one attached hydrogen (secondary N) is 1. The van der Waals surface area contributed by atoms with Gasteiger partial charge in [-0.1, -0.05) is 0 Å². The Morgan fingerprint density at radius 3 is 2.71 bits per heavy atom. The van der Waals surface area contributed by atoms with Crippen LogP contribution in [-0.4, -0.2) is 19.3 Å². The van der Waals surface area contributed by atoms with Crippen molar-refractivity contribution in [1.82, 2.24) is 10.5 Å². The Morgan fingerprint density at radius 1 is 1.64 bits per heavy atom. The summed E-state index contributed by atoms with van der Waals surface area (Å²) in [6.45, 7) is 2.69. The van der Waals surface area contributed by atoms with Gasteiger partial charge in [-0.2, -0.15) is 8.42 Å². The molecule has 0 bridgehead atoms. The highest BCUT2D eigenvalue weighted by Crippen LogP contribution is 2.20. The normalized spacial score (nSPS) is 11.3. The van der Waals surface area contributed by atoms with Gasteiger partial charge in [0.05, 0.1) is 11.2 Å². The fourth-order valence-corrected chi connectivity index (χ4v) is 2.63. The number of hydrogen-bond donors (Lipinski definition) is 1. The average molecular weight is 236 g/mol. The summed E-state index contributed by atoms with van der Waals surface area (Å²) in [7, 11) is -3.92. The summed E-state index contributed by atoms with van der Waals surface area (Å²) in [5.41, 5.74) is 3.49. The maximum absolute atomic E-state index is 11.4. The predicted molar refractivity (Wildman–Crippen MR) is 48.9 cm³/mol. The van der Waals surface area contributed by atoms with E-state index < -0.39 is 16.0 Å². The molecule has 0 atom stereocenters. The minimum Gasteiger partial charge on any atom is -0.273 e. The lowest BCUT2D eigenvalue weighted by molar-refractivity contribution is -0.125. The zero-order valence-corrected chi connectivity index (χ0v) is 9.11. The van der Waals surface area contributed by atoms with Crippen molar-refractivity contribution in [2.45, 2.75) is 18.1 Å². The fourth-order valence-electron chi connectivity index (χ4n) is 0.682. The zero-order valence-electron chi connectivity index (χ0n) is 7.47. The van der Waals surface area contributed by atoms with Crippen LogP contribution in [0, 0.1) is 6.92 Å². The van der Waals surface area contributed by atoms with Crippen LogP contribution in [0.1, 0.15) is 12.6 Å². The molecule has 6 nitrogen and oxygen atoms in total. The largest absolute Gasteiger partial charge is 0.329 e. The molecule has 8 heteroatoms. The number of carbonyl (C=O) groups excluding carboxylic acids is 1. The van der Waals surface area contributed by atoms with Crippen LogP contribution in [0.15, 0.2) is 9.72 Å². The van der Waals surface area contributed by atoms with Gasteiger partial charge in [0.15, 0.2) is 4.21 Å². The quantitative estimate of drug-likeness (QED) is 0.758. The van der Waals surface area contributed by atoms with Gasteiger partial charge < -0.3 is 0 Å². The van der Waals surface area contributed by atoms with E-state index in [9.17, 15) is 13.2 Å². The van der Waals surface area contributed by atoms with Crippen molar-refractivity contribution in [1.29, 1.82) is 0 Å². The van der Waals surface area contributed by atoms with E-state index in [1.54, 1.807) is 12.4 Å². The Hall–Kier alpha value is -0.990. The van der Waals surface area contributed by atoms with Gasteiger partial charge in [0.25, 0.3) is 0 Å². The van der Waals surface area contributed by atoms with E-state index in [-0.39, 0.29) is 4.21 Å². The van der Waals surface area contributed by atoms with Crippen molar-refractivity contribution < 1.29 is 17.5 Å². The first-order chi connectivity index (χ1) is 6.43. The lowest BCUT2D eigenvalue weighted by Gasteiger charge is -2.02. The van der Waals surface area contributed by atoms with Crippen molar-refractivity contribution in [3.05, 3.63) is 11.2 Å². The van der Waals surface area contributed by atoms with Crippen molar-refractivity contribution in [3.63, 3.8) is 0 Å². The van der Waals surface area contributed by atoms with Gasteiger partial charge >= 0.3 is 10.1 Å². The van der Waals surface area contributed by atoms with Crippen LogP contribution in [0.4, 0.5) is 0 Å². The van der Waals surface area contributed by atoms with E-state index in [1.165, 1.54) is 5.51 Å². The fraction of sp³-hybridized carbons (Fsp3) is 0.333. The summed E-state index contributed by atoms with van der Waals surface area (Å²) in [6, 6.07) is 0. The van der Waals surface area contributed by atoms with E-state index in [4.69, 9.17) is 0 Å². The van der Waals surface area contributed by atoms with Crippen molar-refractivity contribution in [3.8, 4) is 0 Å². The van der Waals surface area contributed by atoms with Crippen LogP contribution < -0.4 is 5.48 Å². The van der Waals surface area contributed by atoms with Gasteiger partial charge in [-0.25, -0.2) is 10.5 Å². The molecule has 0 fully saturated rings. The van der Waals surface area contributed by atoms with Crippen molar-refractivity contribution in [2.24, 2.45) is 0 Å². The number of thiazole rings is 1. The first-order valence-corrected chi connectivity index (χ1v) is 5.82. The highest BCUT2D eigenvalue weighted by Gasteiger charge is 2.21. The summed E-state index contributed by atoms with van der Waals surface area (Å²) in [4.78, 5) is 14.2. The summed E-state index contributed by atoms with van der Waals surface area (Å²) in [5.74, 6) is -0.587. The predicted octanol–water partition coefficient (Wildman–Crippen LogP) is 0.208. The first-order valence-electron chi connectivity index (χ1n) is 3.53. The molecule has 1 aromatic rings. The third-order valence-corrected chi connectivity index (χ3v) is 3.90. The molecule has 1 N–H and O–H groups in total. The van der Waals surface area contributed by atoms with Crippen LogP contribution in [0.5, 0.6) is 0 Å². The molecule has 78 valence electrons. The third-order valence-electron chi connectivity index (χ3n) is 1.22. The monoisotopic (exact) mass is 236 g/mol. The molecular weight excluding hydrogens is 228 g/mol. The van der Waals surface area contributed by atoms with Gasteiger partial charge in [-0.15, -0.1) is 15.6 Å². The number of amides is 1. The maximum atomic E-state index is 11.4. The highest BCUT2D eigenvalue weighted by molar-refractivity contribution is 7.89. The van der Waals surface area contributed by atoms with Crippen molar-refractivity contribution in [2.75, 3.05) is 0 Å². The Morgan fingerprint density at radius 2 is 2.29 bits per heavy atom. The van der Waals surface area contributed by atoms with E-state index in [1.807, 2.05) is 0 Å². The summed E-state index contributed by atoms with van der Waals surface area (Å²) in [5, 5.41) is 0. The second-order valence-electron chi connectivity index (χ2n) is 2.42. The van der Waals surface area contributed by atoms with Gasteiger partial charge in [-0.05, 0) is 6.92 Å². The van der Waals surface area contributed by atoms with E-state index >= 15 is 0 Å². The number of carbonyl (C=O) groups is 1. The molecule has 0 radical (unpaired) electrons. The average Bonchev–Trinajstić information content (AvgIpc) is 2.48. The van der Waals surface area contributed by atoms with Crippen molar-refractivity contribution >= 4 is 27.4 Å². The second kappa shape index (κ2) is 4.03. The number of nitrogens with zero attached hydrogens (tertiary/aromatic N) is 1. The Balaban J connectivity index is 2.87. The molecule has 1 heterocycles. The maximum Gasteiger partial charge on any atom is 0.329 e. The lowest BCUT2D eigenvalue weighted by Crippen LogP contribution is -2.24. The Labute approximate surface area is 85.0 Å². The number of hydrogen-bond acceptors (Lipinski definition) is 6. The summed E-state index contributed by atoms with van der Waals surface area (Å²) in [6.07, 6.45) is 0. The minimum absolute atomic E-state index is 0.00810. The first kappa shape index (κ1) is 11.1. The van der Waals surface area contributed by atoms with Gasteiger partial charge in [0.2, 0.25) is 5.91 Å². The topological polar surface area (TPSA) is 85.4 Å². The van der Waals surface area contributed by atoms with Crippen LogP contribution in [0.25, 0.3) is 0 Å². The Kier molecular flexibility index (Phi) is 3.19. The van der Waals surface area contributed by atoms with Gasteiger partial charge in [-0.3, -0.25) is 4.79 Å². The number of hydroxylamine groups is 1. The zero-order chi connectivity index (χ0) is 10.8. The summed E-state index contributed by atoms with van der Waals surface area (Å²) < 4.78 is 27.0. The SMILES string of the molecule is CC(=O)NOS(=O)(=O)c1scnc1C. The molecular formula is C6H8N2O4S2. The van der Waals surface area contributed by atoms with Crippen LogP contribution in [0.3, 0.4) is 0 Å². The molecule has 0 aliphatic carbocycles. The third kappa shape index (κ3) is 2.50. The lowest BCUT2D eigenvalue weighted by atomic mass is 10.6. The Bertz CT molecular complexity index is 436. The molecule has 0 aliphatic heterocycles. The van der Waals surface area contributed by atoms with Crippen LogP contribution >= 0.6 is 11.3 Å². The highest BCUT2D eigenvalue weighted by atomic mass is 32.3. The minimum atomic E-state index is -3.92. The molecule has 1 rings (SSSR count). The number of rotatable bonds is 3. The molecule has 0 saturated heterocycles. The standard InChI is InChI=1S/C6H8N2O4S2/c1-4-6(13-3-7-4)14(10,11)12-8-5(2)9/h3H,1-2H3,(H,8,9). The molecule has 1 aromatic heterocycles. The van der Waals surface area contributed by atoms with E-state index in [0.29, 0.717) is 5.69 Å². The second-order valence-corrected chi connectivity index (χ2v) is 5.02. The molecule has 0 saturated carbocycles. The molecule has 0 spiro atoms. The van der Waals surface area contributed by atoms with Gasteiger partial charge in [0.1, 0.15) is 0 Å². The molecule has 1 amide bonds. The molecule has 0 aromatic carbocycles. The van der Waals surface area contributed by atoms with Crippen LogP contribution in [-0.2, 0) is 19.2 Å². The molecule has 0 unspecified atom stereocenters.